The second kappa shape index (κ2) is 6.30. The molecular weight excluding hydrogens is 297 g/mol. The van der Waals surface area contributed by atoms with E-state index in [0.717, 1.165) is 25.9 Å². The molecule has 1 amide bonds. The first-order valence-electron chi connectivity index (χ1n) is 8.23. The van der Waals surface area contributed by atoms with Crippen molar-refractivity contribution in [2.75, 3.05) is 19.7 Å². The van der Waals surface area contributed by atoms with Gasteiger partial charge in [-0.15, -0.1) is 0 Å². The van der Waals surface area contributed by atoms with Crippen molar-refractivity contribution in [1.82, 2.24) is 4.90 Å². The Morgan fingerprint density at radius 2 is 2.00 bits per heavy atom. The van der Waals surface area contributed by atoms with Crippen LogP contribution in [0.25, 0.3) is 0 Å². The fourth-order valence-corrected chi connectivity index (χ4v) is 3.43. The third-order valence-corrected chi connectivity index (χ3v) is 4.90. The summed E-state index contributed by atoms with van der Waals surface area (Å²) >= 11 is 0. The number of likely N-dealkylation sites (tertiary alicyclic amines) is 1. The number of amides is 1. The summed E-state index contributed by atoms with van der Waals surface area (Å²) in [5.41, 5.74) is 0.740. The lowest BCUT2D eigenvalue weighted by Gasteiger charge is -2.30. The van der Waals surface area contributed by atoms with Crippen LogP contribution in [0.1, 0.15) is 54.9 Å². The van der Waals surface area contributed by atoms with E-state index < -0.39 is 0 Å². The first-order valence-corrected chi connectivity index (χ1v) is 8.23. The highest BCUT2D eigenvalue weighted by Gasteiger charge is 2.32. The van der Waals surface area contributed by atoms with E-state index in [2.05, 4.69) is 6.92 Å². The number of ether oxygens (including phenoxy) is 1. The van der Waals surface area contributed by atoms with Gasteiger partial charge in [0.05, 0.1) is 5.56 Å². The van der Waals surface area contributed by atoms with Crippen LogP contribution in [0.2, 0.25) is 0 Å². The first-order chi connectivity index (χ1) is 11.0. The van der Waals surface area contributed by atoms with Crippen molar-refractivity contribution in [3.05, 3.63) is 29.1 Å². The molecule has 0 bridgehead atoms. The van der Waals surface area contributed by atoms with E-state index in [-0.39, 0.29) is 30.0 Å². The number of ketones is 1. The minimum Gasteiger partial charge on any atom is -0.483 e. The van der Waals surface area contributed by atoms with Gasteiger partial charge in [0.25, 0.3) is 5.91 Å². The smallest absolute Gasteiger partial charge is 0.260 e. The van der Waals surface area contributed by atoms with Gasteiger partial charge in [-0.3, -0.25) is 9.59 Å². The number of piperidine rings is 1. The van der Waals surface area contributed by atoms with E-state index in [0.29, 0.717) is 29.2 Å². The van der Waals surface area contributed by atoms with Gasteiger partial charge in [-0.1, -0.05) is 13.8 Å². The maximum Gasteiger partial charge on any atom is 0.260 e. The molecule has 1 fully saturated rings. The van der Waals surface area contributed by atoms with Crippen molar-refractivity contribution in [2.45, 2.75) is 39.0 Å². The highest BCUT2D eigenvalue weighted by molar-refractivity contribution is 6.03. The topological polar surface area (TPSA) is 46.6 Å². The third-order valence-electron chi connectivity index (χ3n) is 4.90. The Morgan fingerprint density at radius 3 is 2.70 bits per heavy atom. The summed E-state index contributed by atoms with van der Waals surface area (Å²) in [6.45, 7) is 5.42. The summed E-state index contributed by atoms with van der Waals surface area (Å²) < 4.78 is 19.5. The number of Topliss-reactive ketones (excluding diaryl/α,β-unsaturated/α-hetero) is 1. The van der Waals surface area contributed by atoms with Crippen molar-refractivity contribution in [1.29, 1.82) is 0 Å². The number of benzene rings is 1. The average molecular weight is 319 g/mol. The van der Waals surface area contributed by atoms with Crippen LogP contribution in [0.3, 0.4) is 0 Å². The van der Waals surface area contributed by atoms with Crippen LogP contribution in [-0.4, -0.2) is 36.3 Å². The minimum absolute atomic E-state index is 0.0755. The SMILES string of the molecule is CC1CCN(C(=O)COc2ccc(F)c3c2C(=O)C[C@@H]3C)CC1. The summed E-state index contributed by atoms with van der Waals surface area (Å²) in [4.78, 5) is 26.1. The molecule has 5 heteroatoms. The lowest BCUT2D eigenvalue weighted by atomic mass is 9.99. The van der Waals surface area contributed by atoms with E-state index in [1.807, 2.05) is 6.92 Å². The van der Waals surface area contributed by atoms with E-state index in [4.69, 9.17) is 4.74 Å². The van der Waals surface area contributed by atoms with Gasteiger partial charge in [0.2, 0.25) is 0 Å². The lowest BCUT2D eigenvalue weighted by Crippen LogP contribution is -2.40. The van der Waals surface area contributed by atoms with Crippen molar-refractivity contribution in [3.63, 3.8) is 0 Å². The zero-order chi connectivity index (χ0) is 16.6. The summed E-state index contributed by atoms with van der Waals surface area (Å²) in [7, 11) is 0. The van der Waals surface area contributed by atoms with Gasteiger partial charge in [0.1, 0.15) is 11.6 Å². The zero-order valence-electron chi connectivity index (χ0n) is 13.6. The number of hydrogen-bond donors (Lipinski definition) is 0. The van der Waals surface area contributed by atoms with Crippen LogP contribution in [0, 0.1) is 11.7 Å². The Morgan fingerprint density at radius 1 is 1.30 bits per heavy atom. The fourth-order valence-electron chi connectivity index (χ4n) is 3.43. The third kappa shape index (κ3) is 3.09. The van der Waals surface area contributed by atoms with Crippen molar-refractivity contribution >= 4 is 11.7 Å². The molecule has 0 radical (unpaired) electrons. The van der Waals surface area contributed by atoms with Crippen LogP contribution >= 0.6 is 0 Å². The van der Waals surface area contributed by atoms with Gasteiger partial charge in [0, 0.05) is 25.1 Å². The molecule has 0 aromatic heterocycles. The average Bonchev–Trinajstić information content (AvgIpc) is 2.83. The number of halogens is 1. The Bertz CT molecular complexity index is 635. The summed E-state index contributed by atoms with van der Waals surface area (Å²) in [6.07, 6.45) is 2.31. The molecule has 2 aliphatic rings. The maximum absolute atomic E-state index is 13.9. The van der Waals surface area contributed by atoms with Gasteiger partial charge >= 0.3 is 0 Å². The van der Waals surface area contributed by atoms with Gasteiger partial charge in [-0.05, 0) is 36.8 Å². The van der Waals surface area contributed by atoms with Gasteiger partial charge in [-0.2, -0.15) is 0 Å². The highest BCUT2D eigenvalue weighted by atomic mass is 19.1. The predicted molar refractivity (Wildman–Crippen MR) is 84.2 cm³/mol. The van der Waals surface area contributed by atoms with Gasteiger partial charge < -0.3 is 9.64 Å². The summed E-state index contributed by atoms with van der Waals surface area (Å²) in [5, 5.41) is 0. The fraction of sp³-hybridized carbons (Fsp3) is 0.556. The minimum atomic E-state index is -0.373. The van der Waals surface area contributed by atoms with Crippen LogP contribution < -0.4 is 4.74 Å². The maximum atomic E-state index is 13.9. The molecular formula is C18H22FNO3. The molecule has 1 heterocycles. The molecule has 0 saturated carbocycles. The Labute approximate surface area is 135 Å². The molecule has 3 rings (SSSR count). The molecule has 0 spiro atoms. The van der Waals surface area contributed by atoms with E-state index >= 15 is 0 Å². The number of nitrogens with zero attached hydrogens (tertiary/aromatic N) is 1. The Balaban J connectivity index is 1.70. The summed E-state index contributed by atoms with van der Waals surface area (Å²) in [6, 6.07) is 2.77. The van der Waals surface area contributed by atoms with E-state index in [1.165, 1.54) is 12.1 Å². The van der Waals surface area contributed by atoms with Gasteiger partial charge in [-0.25, -0.2) is 4.39 Å². The number of carbonyl (C=O) groups is 2. The monoisotopic (exact) mass is 319 g/mol. The molecule has 1 aromatic carbocycles. The molecule has 0 unspecified atom stereocenters. The molecule has 4 nitrogen and oxygen atoms in total. The van der Waals surface area contributed by atoms with Crippen LogP contribution in [0.5, 0.6) is 5.75 Å². The molecule has 0 N–H and O–H groups in total. The second-order valence-electron chi connectivity index (χ2n) is 6.71. The first kappa shape index (κ1) is 16.0. The van der Waals surface area contributed by atoms with E-state index in [9.17, 15) is 14.0 Å². The zero-order valence-corrected chi connectivity index (χ0v) is 13.6. The largest absolute Gasteiger partial charge is 0.483 e. The van der Waals surface area contributed by atoms with Crippen LogP contribution in [0.4, 0.5) is 4.39 Å². The van der Waals surface area contributed by atoms with Crippen molar-refractivity contribution in [3.8, 4) is 5.75 Å². The normalized spacial score (nSPS) is 21.4. The molecule has 124 valence electrons. The Kier molecular flexibility index (Phi) is 4.37. The molecule has 23 heavy (non-hydrogen) atoms. The number of fused-ring (bicyclic) bond motifs is 1. The Hall–Kier alpha value is -1.91. The van der Waals surface area contributed by atoms with Crippen LogP contribution in [0.15, 0.2) is 12.1 Å². The highest BCUT2D eigenvalue weighted by Crippen LogP contribution is 2.39. The number of rotatable bonds is 3. The number of carbonyl (C=O) groups excluding carboxylic acids is 2. The lowest BCUT2D eigenvalue weighted by molar-refractivity contribution is -0.134. The van der Waals surface area contributed by atoms with E-state index in [1.54, 1.807) is 4.90 Å². The van der Waals surface area contributed by atoms with Crippen LogP contribution in [-0.2, 0) is 4.79 Å². The molecule has 1 aliphatic heterocycles. The molecule has 1 aliphatic carbocycles. The standard InChI is InChI=1S/C18H22FNO3/c1-11-5-7-20(8-6-11)16(22)10-23-15-4-3-13(19)17-12(2)9-14(21)18(15)17/h3-4,11-12H,5-10H2,1-2H3/t12-/m0/s1. The van der Waals surface area contributed by atoms with Crippen molar-refractivity contribution < 1.29 is 18.7 Å². The van der Waals surface area contributed by atoms with Gasteiger partial charge in [0.15, 0.2) is 12.4 Å². The molecule has 1 atom stereocenters. The van der Waals surface area contributed by atoms with Crippen molar-refractivity contribution in [2.24, 2.45) is 5.92 Å². The predicted octanol–water partition coefficient (Wildman–Crippen LogP) is 3.15. The molecule has 1 saturated heterocycles. The molecule has 1 aromatic rings. The summed E-state index contributed by atoms with van der Waals surface area (Å²) in [5.74, 6) is 0.283. The quantitative estimate of drug-likeness (QED) is 0.860. The number of hydrogen-bond acceptors (Lipinski definition) is 3. The second-order valence-corrected chi connectivity index (χ2v) is 6.71.